The molecule has 0 saturated heterocycles. The van der Waals surface area contributed by atoms with Crippen LogP contribution in [-0.4, -0.2) is 20.1 Å². The molecule has 0 spiro atoms. The molecule has 0 radical (unpaired) electrons. The fraction of sp³-hybridized carbons (Fsp3) is 0.231. The van der Waals surface area contributed by atoms with E-state index < -0.39 is 23.3 Å². The Labute approximate surface area is 206 Å². The van der Waals surface area contributed by atoms with Crippen LogP contribution in [-0.2, 0) is 5.60 Å². The highest BCUT2D eigenvalue weighted by atomic mass is 35.5. The van der Waals surface area contributed by atoms with Crippen LogP contribution in [0.25, 0.3) is 22.0 Å². The van der Waals surface area contributed by atoms with Crippen LogP contribution < -0.4 is 5.32 Å². The average molecular weight is 494 g/mol. The van der Waals surface area contributed by atoms with Gasteiger partial charge in [0.15, 0.2) is 5.82 Å². The summed E-state index contributed by atoms with van der Waals surface area (Å²) in [6.45, 7) is 6.56. The van der Waals surface area contributed by atoms with Crippen molar-refractivity contribution in [3.63, 3.8) is 0 Å². The van der Waals surface area contributed by atoms with E-state index in [1.165, 1.54) is 36.7 Å². The number of fused-ring (bicyclic) bond motifs is 1. The van der Waals surface area contributed by atoms with Gasteiger partial charge in [-0.1, -0.05) is 11.6 Å². The smallest absolute Gasteiger partial charge is 0.159 e. The van der Waals surface area contributed by atoms with Gasteiger partial charge >= 0.3 is 0 Å². The molecule has 0 fully saturated rings. The van der Waals surface area contributed by atoms with Crippen molar-refractivity contribution < 1.29 is 13.9 Å². The molecule has 0 aliphatic heterocycles. The summed E-state index contributed by atoms with van der Waals surface area (Å²) in [6.07, 6.45) is 2.87. The van der Waals surface area contributed by atoms with Crippen LogP contribution >= 0.6 is 11.6 Å². The molecule has 9 heteroatoms. The van der Waals surface area contributed by atoms with Crippen molar-refractivity contribution in [1.29, 1.82) is 5.26 Å². The predicted molar refractivity (Wildman–Crippen MR) is 131 cm³/mol. The Morgan fingerprint density at radius 3 is 2.43 bits per heavy atom. The van der Waals surface area contributed by atoms with Gasteiger partial charge in [-0.05, 0) is 52.0 Å². The van der Waals surface area contributed by atoms with Crippen molar-refractivity contribution in [3.8, 4) is 17.2 Å². The van der Waals surface area contributed by atoms with Crippen LogP contribution in [0, 0.1) is 29.9 Å². The van der Waals surface area contributed by atoms with Crippen molar-refractivity contribution in [2.24, 2.45) is 0 Å². The maximum atomic E-state index is 15.1. The number of pyridine rings is 1. The number of nitrogens with one attached hydrogen (secondary N) is 1. The number of halogens is 3. The first kappa shape index (κ1) is 24.5. The summed E-state index contributed by atoms with van der Waals surface area (Å²) < 4.78 is 29.6. The number of hydrogen-bond donors (Lipinski definition) is 2. The number of hydrogen-bond acceptors (Lipinski definition) is 6. The Hall–Kier alpha value is -3.67. The highest BCUT2D eigenvalue weighted by Crippen LogP contribution is 2.38. The molecule has 0 unspecified atom stereocenters. The molecule has 2 aromatic heterocycles. The van der Waals surface area contributed by atoms with E-state index in [4.69, 9.17) is 11.6 Å². The molecule has 2 heterocycles. The summed E-state index contributed by atoms with van der Waals surface area (Å²) in [7, 11) is 0. The number of anilines is 1. The highest BCUT2D eigenvalue weighted by Gasteiger charge is 2.21. The Morgan fingerprint density at radius 1 is 1.11 bits per heavy atom. The van der Waals surface area contributed by atoms with Gasteiger partial charge in [0.05, 0.1) is 39.6 Å². The lowest BCUT2D eigenvalue weighted by atomic mass is 10.0. The fourth-order valence-electron chi connectivity index (χ4n) is 3.77. The zero-order valence-electron chi connectivity index (χ0n) is 19.5. The molecule has 0 bridgehead atoms. The van der Waals surface area contributed by atoms with Crippen LogP contribution in [0.1, 0.15) is 49.5 Å². The largest absolute Gasteiger partial charge is 0.382 e. The van der Waals surface area contributed by atoms with Crippen molar-refractivity contribution in [1.82, 2.24) is 15.0 Å². The second kappa shape index (κ2) is 9.17. The SMILES string of the molecule is Cc1nc2cc(F)c(-c3cnc(C(C)(C)O)nc3)cc2c(N[C@H](C)c2cc(C#N)ccc2F)c1Cl. The van der Waals surface area contributed by atoms with Crippen LogP contribution in [0.3, 0.4) is 0 Å². The molecule has 6 nitrogen and oxygen atoms in total. The predicted octanol–water partition coefficient (Wildman–Crippen LogP) is 6.20. The maximum Gasteiger partial charge on any atom is 0.159 e. The van der Waals surface area contributed by atoms with Crippen LogP contribution in [0.4, 0.5) is 14.5 Å². The van der Waals surface area contributed by atoms with Gasteiger partial charge in [0.25, 0.3) is 0 Å². The standard InChI is InChI=1S/C26H22ClF2N5O/c1-13(17-7-15(10-30)5-6-20(17)28)34-24-19-8-18(16-11-31-25(32-12-16)26(3,4)35)21(29)9-22(19)33-14(2)23(24)27/h5-9,11-13,35H,1-4H3,(H,33,34)/t13-/m1/s1. The van der Waals surface area contributed by atoms with Gasteiger partial charge in [0.2, 0.25) is 0 Å². The molecule has 0 aliphatic carbocycles. The number of aliphatic hydroxyl groups is 1. The summed E-state index contributed by atoms with van der Waals surface area (Å²) in [6, 6.07) is 8.46. The van der Waals surface area contributed by atoms with Gasteiger partial charge in [0.1, 0.15) is 17.2 Å². The minimum Gasteiger partial charge on any atom is -0.382 e. The molecule has 0 saturated carbocycles. The Balaban J connectivity index is 1.83. The van der Waals surface area contributed by atoms with E-state index in [9.17, 15) is 14.8 Å². The molecule has 35 heavy (non-hydrogen) atoms. The molecule has 4 aromatic rings. The van der Waals surface area contributed by atoms with Crippen molar-refractivity contribution >= 4 is 28.2 Å². The lowest BCUT2D eigenvalue weighted by Gasteiger charge is -2.20. The van der Waals surface area contributed by atoms with E-state index in [2.05, 4.69) is 20.3 Å². The third kappa shape index (κ3) is 4.78. The minimum atomic E-state index is -1.24. The first-order valence-electron chi connectivity index (χ1n) is 10.8. The zero-order valence-corrected chi connectivity index (χ0v) is 20.2. The monoisotopic (exact) mass is 493 g/mol. The van der Waals surface area contributed by atoms with Crippen LogP contribution in [0.2, 0.25) is 5.02 Å². The number of aryl methyl sites for hydroxylation is 1. The molecule has 4 rings (SSSR count). The average Bonchev–Trinajstić information content (AvgIpc) is 2.81. The third-order valence-corrected chi connectivity index (χ3v) is 6.10. The van der Waals surface area contributed by atoms with Crippen LogP contribution in [0.5, 0.6) is 0 Å². The van der Waals surface area contributed by atoms with E-state index >= 15 is 4.39 Å². The Bertz CT molecular complexity index is 1480. The summed E-state index contributed by atoms with van der Waals surface area (Å²) >= 11 is 6.59. The van der Waals surface area contributed by atoms with Crippen molar-refractivity contribution in [3.05, 3.63) is 82.0 Å². The maximum absolute atomic E-state index is 15.1. The molecular weight excluding hydrogens is 472 g/mol. The number of nitrogens with zero attached hydrogens (tertiary/aromatic N) is 4. The topological polar surface area (TPSA) is 94.7 Å². The molecule has 0 amide bonds. The lowest BCUT2D eigenvalue weighted by Crippen LogP contribution is -2.19. The van der Waals surface area contributed by atoms with Gasteiger partial charge in [-0.3, -0.25) is 4.98 Å². The second-order valence-corrected chi connectivity index (χ2v) is 9.18. The molecular formula is C26H22ClF2N5O. The van der Waals surface area contributed by atoms with E-state index in [1.54, 1.807) is 33.8 Å². The van der Waals surface area contributed by atoms with E-state index in [0.29, 0.717) is 44.0 Å². The molecule has 2 aromatic carbocycles. The van der Waals surface area contributed by atoms with Crippen molar-refractivity contribution in [2.75, 3.05) is 5.32 Å². The summed E-state index contributed by atoms with van der Waals surface area (Å²) in [4.78, 5) is 12.7. The highest BCUT2D eigenvalue weighted by molar-refractivity contribution is 6.35. The third-order valence-electron chi connectivity index (χ3n) is 5.64. The molecule has 0 aliphatic rings. The Morgan fingerprint density at radius 2 is 1.80 bits per heavy atom. The molecule has 1 atom stereocenters. The molecule has 2 N–H and O–H groups in total. The quantitative estimate of drug-likeness (QED) is 0.343. The first-order valence-corrected chi connectivity index (χ1v) is 11.2. The van der Waals surface area contributed by atoms with Gasteiger partial charge in [0, 0.05) is 40.5 Å². The minimum absolute atomic E-state index is 0.209. The van der Waals surface area contributed by atoms with Crippen LogP contribution in [0.15, 0.2) is 42.7 Å². The van der Waals surface area contributed by atoms with Gasteiger partial charge < -0.3 is 10.4 Å². The Kier molecular flexibility index (Phi) is 6.41. The normalized spacial score (nSPS) is 12.4. The lowest BCUT2D eigenvalue weighted by molar-refractivity contribution is 0.0687. The zero-order chi connectivity index (χ0) is 25.5. The van der Waals surface area contributed by atoms with Gasteiger partial charge in [-0.25, -0.2) is 18.7 Å². The van der Waals surface area contributed by atoms with E-state index in [-0.39, 0.29) is 11.4 Å². The fourth-order valence-corrected chi connectivity index (χ4v) is 3.97. The van der Waals surface area contributed by atoms with E-state index in [1.807, 2.05) is 6.07 Å². The summed E-state index contributed by atoms with van der Waals surface area (Å²) in [5, 5.41) is 23.3. The number of aromatic nitrogens is 3. The molecule has 178 valence electrons. The summed E-state index contributed by atoms with van der Waals surface area (Å²) in [5.41, 5.74) is 1.31. The number of nitriles is 1. The van der Waals surface area contributed by atoms with E-state index in [0.717, 1.165) is 0 Å². The first-order chi connectivity index (χ1) is 16.5. The second-order valence-electron chi connectivity index (χ2n) is 8.80. The van der Waals surface area contributed by atoms with Crippen molar-refractivity contribution in [2.45, 2.75) is 39.3 Å². The summed E-state index contributed by atoms with van der Waals surface area (Å²) in [5.74, 6) is -0.787. The van der Waals surface area contributed by atoms with Gasteiger partial charge in [-0.15, -0.1) is 0 Å². The number of rotatable bonds is 5. The van der Waals surface area contributed by atoms with Gasteiger partial charge in [-0.2, -0.15) is 5.26 Å². The number of benzene rings is 2.